The largest absolute Gasteiger partial charge is 0.372 e. The van der Waals surface area contributed by atoms with Crippen molar-refractivity contribution in [1.82, 2.24) is 15.4 Å². The Morgan fingerprint density at radius 1 is 1.29 bits per heavy atom. The zero-order chi connectivity index (χ0) is 19.9. The van der Waals surface area contributed by atoms with E-state index in [0.29, 0.717) is 15.6 Å². The minimum atomic E-state index is -0.332. The van der Waals surface area contributed by atoms with Gasteiger partial charge in [-0.15, -0.1) is 0 Å². The van der Waals surface area contributed by atoms with Crippen molar-refractivity contribution in [2.75, 3.05) is 37.4 Å². The van der Waals surface area contributed by atoms with Gasteiger partial charge in [-0.1, -0.05) is 35.5 Å². The molecule has 1 heterocycles. The summed E-state index contributed by atoms with van der Waals surface area (Å²) in [6.45, 7) is 1.71. The van der Waals surface area contributed by atoms with Crippen LogP contribution in [0.3, 0.4) is 0 Å². The molecule has 1 atom stereocenters. The Hall–Kier alpha value is -1.58. The topological polar surface area (TPSA) is 51.4 Å². The molecule has 4 N–H and O–H groups in total. The first-order chi connectivity index (χ1) is 13.6. The van der Waals surface area contributed by atoms with Crippen molar-refractivity contribution in [3.05, 3.63) is 58.8 Å². The summed E-state index contributed by atoms with van der Waals surface area (Å²) < 4.78 is 17.8. The molecule has 0 radical (unpaired) electrons. The van der Waals surface area contributed by atoms with Gasteiger partial charge in [0.15, 0.2) is 0 Å². The lowest BCUT2D eigenvalue weighted by atomic mass is 10.2. The zero-order valence-electron chi connectivity index (χ0n) is 15.6. The zero-order valence-corrected chi connectivity index (χ0v) is 18.0. The van der Waals surface area contributed by atoms with E-state index in [1.807, 2.05) is 50.0 Å². The summed E-state index contributed by atoms with van der Waals surface area (Å²) >= 11 is 9.24. The van der Waals surface area contributed by atoms with Gasteiger partial charge in [-0.05, 0) is 42.6 Å². The number of halogens is 2. The summed E-state index contributed by atoms with van der Waals surface area (Å²) in [4.78, 5) is 2.58. The molecule has 0 bridgehead atoms. The number of anilines is 3. The van der Waals surface area contributed by atoms with E-state index in [2.05, 4.69) is 25.6 Å². The number of hydrogen-bond donors (Lipinski definition) is 4. The van der Waals surface area contributed by atoms with Crippen LogP contribution in [0.25, 0.3) is 0 Å². The molecule has 1 aliphatic rings. The highest BCUT2D eigenvalue weighted by Gasteiger charge is 2.15. The fourth-order valence-corrected chi connectivity index (χ4v) is 4.37. The second kappa shape index (κ2) is 10.3. The number of thioether (sulfide) groups is 1. The summed E-state index contributed by atoms with van der Waals surface area (Å²) in [6.07, 6.45) is 1.85. The van der Waals surface area contributed by atoms with Gasteiger partial charge in [-0.3, -0.25) is 0 Å². The predicted octanol–water partition coefficient (Wildman–Crippen LogP) is 4.57. The molecule has 0 fully saturated rings. The molecule has 5 nitrogen and oxygen atoms in total. The van der Waals surface area contributed by atoms with E-state index < -0.39 is 0 Å². The standard InChI is InChI=1S/C19H23ClFN5S2/c1-22-7-9-26(2)17-6-4-3-5-15(17)24-16-12-14(21)18(11-13(16)20)28-25-19-23-8-10-27-19/h3-6,8,10-12,19,22-25H,7,9H2,1-2H3. The molecule has 3 rings (SSSR count). The molecular formula is C19H23ClFN5S2. The van der Waals surface area contributed by atoms with Gasteiger partial charge in [0.2, 0.25) is 0 Å². The van der Waals surface area contributed by atoms with Crippen LogP contribution in [0, 0.1) is 5.82 Å². The molecular weight excluding hydrogens is 417 g/mol. The second-order valence-electron chi connectivity index (χ2n) is 6.14. The number of hydrogen-bond acceptors (Lipinski definition) is 7. The van der Waals surface area contributed by atoms with Crippen LogP contribution in [0.15, 0.2) is 52.9 Å². The molecule has 9 heteroatoms. The molecule has 0 aliphatic carbocycles. The molecule has 28 heavy (non-hydrogen) atoms. The minimum Gasteiger partial charge on any atom is -0.372 e. The van der Waals surface area contributed by atoms with Gasteiger partial charge in [0.25, 0.3) is 0 Å². The van der Waals surface area contributed by atoms with Gasteiger partial charge >= 0.3 is 0 Å². The number of nitrogens with one attached hydrogen (secondary N) is 4. The molecule has 1 aliphatic heterocycles. The first kappa shape index (κ1) is 21.1. The van der Waals surface area contributed by atoms with Crippen LogP contribution in [0.4, 0.5) is 21.5 Å². The quantitative estimate of drug-likeness (QED) is 0.427. The average molecular weight is 440 g/mol. The maximum absolute atomic E-state index is 14.6. The second-order valence-corrected chi connectivity index (χ2v) is 8.44. The number of likely N-dealkylation sites (N-methyl/N-ethyl adjacent to an activating group) is 2. The Morgan fingerprint density at radius 3 is 2.86 bits per heavy atom. The van der Waals surface area contributed by atoms with Crippen molar-refractivity contribution in [2.24, 2.45) is 0 Å². The van der Waals surface area contributed by atoms with Gasteiger partial charge < -0.3 is 20.9 Å². The Morgan fingerprint density at radius 2 is 2.11 bits per heavy atom. The van der Waals surface area contributed by atoms with Crippen molar-refractivity contribution in [3.8, 4) is 0 Å². The minimum absolute atomic E-state index is 0.0148. The molecule has 150 valence electrons. The molecule has 0 spiro atoms. The number of nitrogens with zero attached hydrogens (tertiary/aromatic N) is 1. The smallest absolute Gasteiger partial charge is 0.140 e. The van der Waals surface area contributed by atoms with Crippen LogP contribution >= 0.6 is 35.3 Å². The van der Waals surface area contributed by atoms with E-state index in [4.69, 9.17) is 11.6 Å². The van der Waals surface area contributed by atoms with E-state index in [1.54, 1.807) is 17.8 Å². The lowest BCUT2D eigenvalue weighted by Gasteiger charge is -2.23. The van der Waals surface area contributed by atoms with Gasteiger partial charge in [0.05, 0.1) is 27.0 Å². The van der Waals surface area contributed by atoms with Gasteiger partial charge in [-0.2, -0.15) is 0 Å². The number of rotatable bonds is 9. The number of para-hydroxylation sites is 2. The van der Waals surface area contributed by atoms with E-state index >= 15 is 0 Å². The first-order valence-electron chi connectivity index (χ1n) is 8.78. The highest BCUT2D eigenvalue weighted by atomic mass is 35.5. The van der Waals surface area contributed by atoms with Crippen LogP contribution in [0.1, 0.15) is 0 Å². The lowest BCUT2D eigenvalue weighted by molar-refractivity contribution is 0.602. The Balaban J connectivity index is 1.73. The molecule has 0 aromatic heterocycles. The first-order valence-corrected chi connectivity index (χ1v) is 10.9. The Kier molecular flexibility index (Phi) is 7.75. The summed E-state index contributed by atoms with van der Waals surface area (Å²) in [7, 11) is 3.95. The van der Waals surface area contributed by atoms with Crippen LogP contribution in [0.5, 0.6) is 0 Å². The molecule has 1 unspecified atom stereocenters. The van der Waals surface area contributed by atoms with E-state index in [-0.39, 0.29) is 11.3 Å². The molecule has 0 saturated carbocycles. The summed E-state index contributed by atoms with van der Waals surface area (Å²) in [5.41, 5.74) is 2.44. The molecule has 2 aromatic carbocycles. The van der Waals surface area contributed by atoms with Crippen LogP contribution in [0.2, 0.25) is 5.02 Å². The predicted molar refractivity (Wildman–Crippen MR) is 121 cm³/mol. The van der Waals surface area contributed by atoms with E-state index in [1.165, 1.54) is 18.0 Å². The summed E-state index contributed by atoms with van der Waals surface area (Å²) in [6, 6.07) is 11.0. The van der Waals surface area contributed by atoms with Crippen molar-refractivity contribution >= 4 is 52.4 Å². The van der Waals surface area contributed by atoms with Crippen molar-refractivity contribution in [2.45, 2.75) is 10.4 Å². The van der Waals surface area contributed by atoms with Gasteiger partial charge in [0, 0.05) is 32.4 Å². The fraction of sp³-hybridized carbons (Fsp3) is 0.263. The summed E-state index contributed by atoms with van der Waals surface area (Å²) in [5.74, 6) is -0.332. The fourth-order valence-electron chi connectivity index (χ4n) is 2.62. The highest BCUT2D eigenvalue weighted by Crippen LogP contribution is 2.35. The van der Waals surface area contributed by atoms with Crippen molar-refractivity contribution in [1.29, 1.82) is 0 Å². The van der Waals surface area contributed by atoms with Crippen molar-refractivity contribution in [3.63, 3.8) is 0 Å². The van der Waals surface area contributed by atoms with Crippen molar-refractivity contribution < 1.29 is 4.39 Å². The molecule has 0 amide bonds. The van der Waals surface area contributed by atoms with Crippen LogP contribution in [-0.4, -0.2) is 32.7 Å². The normalized spacial score (nSPS) is 15.5. The third kappa shape index (κ3) is 5.48. The highest BCUT2D eigenvalue weighted by molar-refractivity contribution is 8.04. The van der Waals surface area contributed by atoms with Crippen LogP contribution < -0.4 is 25.6 Å². The van der Waals surface area contributed by atoms with Gasteiger partial charge in [-0.25, -0.2) is 9.11 Å². The third-order valence-corrected chi connectivity index (χ3v) is 6.28. The monoisotopic (exact) mass is 439 g/mol. The Bertz CT molecular complexity index is 828. The SMILES string of the molecule is CNCCN(C)c1ccccc1Nc1cc(F)c(SNC2NC=CS2)cc1Cl. The Labute approximate surface area is 178 Å². The molecule has 0 saturated heterocycles. The van der Waals surface area contributed by atoms with Gasteiger partial charge in [0.1, 0.15) is 11.3 Å². The molecule has 2 aromatic rings. The van der Waals surface area contributed by atoms with E-state index in [9.17, 15) is 4.39 Å². The lowest BCUT2D eigenvalue weighted by Crippen LogP contribution is -2.28. The van der Waals surface area contributed by atoms with E-state index in [0.717, 1.165) is 24.5 Å². The third-order valence-electron chi connectivity index (χ3n) is 4.11. The maximum Gasteiger partial charge on any atom is 0.140 e. The van der Waals surface area contributed by atoms with Crippen LogP contribution in [-0.2, 0) is 0 Å². The number of benzene rings is 2. The maximum atomic E-state index is 14.6. The summed E-state index contributed by atoms with van der Waals surface area (Å²) in [5, 5.41) is 11.9. The average Bonchev–Trinajstić information content (AvgIpc) is 3.21.